The number of likely N-dealkylation sites (tertiary alicyclic amines) is 1. The number of nitrogens with two attached hydrogens (primary N) is 1. The van der Waals surface area contributed by atoms with Crippen molar-refractivity contribution in [1.29, 1.82) is 0 Å². The lowest BCUT2D eigenvalue weighted by Gasteiger charge is -2.21. The minimum absolute atomic E-state index is 0.204. The number of H-pyrrole nitrogens is 1. The van der Waals surface area contributed by atoms with Crippen LogP contribution < -0.4 is 5.73 Å². The van der Waals surface area contributed by atoms with Gasteiger partial charge in [-0.15, -0.1) is 0 Å². The van der Waals surface area contributed by atoms with Gasteiger partial charge in [-0.3, -0.25) is 9.59 Å². The summed E-state index contributed by atoms with van der Waals surface area (Å²) in [4.78, 5) is 39.4. The summed E-state index contributed by atoms with van der Waals surface area (Å²) >= 11 is 0. The van der Waals surface area contributed by atoms with Gasteiger partial charge < -0.3 is 24.8 Å². The zero-order chi connectivity index (χ0) is 15.7. The Morgan fingerprint density at radius 1 is 1.45 bits per heavy atom. The first-order valence-corrected chi connectivity index (χ1v) is 6.88. The van der Waals surface area contributed by atoms with Crippen LogP contribution in [0.25, 0.3) is 11.1 Å². The molecule has 0 aliphatic carbocycles. The van der Waals surface area contributed by atoms with Crippen LogP contribution in [0.15, 0.2) is 22.8 Å². The molecule has 2 aromatic rings. The average molecular weight is 305 g/mol. The number of rotatable bonds is 4. The first kappa shape index (κ1) is 14.2. The second-order valence-corrected chi connectivity index (χ2v) is 5.11. The summed E-state index contributed by atoms with van der Waals surface area (Å²) in [6.45, 7) is 0.0163. The fourth-order valence-electron chi connectivity index (χ4n) is 2.61. The summed E-state index contributed by atoms with van der Waals surface area (Å²) in [7, 11) is 0. The minimum atomic E-state index is -0.658. The molecule has 2 amide bonds. The number of aromatic nitrogens is 1. The number of esters is 1. The smallest absolute Gasteiger partial charge is 0.355 e. The number of furan rings is 1. The molecule has 0 saturated carbocycles. The molecule has 0 radical (unpaired) electrons. The Labute approximate surface area is 125 Å². The zero-order valence-electron chi connectivity index (χ0n) is 11.7. The summed E-state index contributed by atoms with van der Waals surface area (Å²) in [6, 6.07) is 2.57. The van der Waals surface area contributed by atoms with Gasteiger partial charge in [0.25, 0.3) is 5.91 Å². The molecule has 116 valence electrons. The number of amides is 2. The lowest BCUT2D eigenvalue weighted by atomic mass is 10.2. The quantitative estimate of drug-likeness (QED) is 0.792. The normalized spacial score (nSPS) is 17.8. The van der Waals surface area contributed by atoms with E-state index in [0.717, 1.165) is 0 Å². The molecule has 3 N–H and O–H groups in total. The fraction of sp³-hybridized carbons (Fsp3) is 0.357. The Morgan fingerprint density at radius 3 is 3.00 bits per heavy atom. The lowest BCUT2D eigenvalue weighted by Crippen LogP contribution is -2.45. The maximum absolute atomic E-state index is 12.0. The monoisotopic (exact) mass is 305 g/mol. The highest BCUT2D eigenvalue weighted by Gasteiger charge is 2.33. The number of nitrogens with zero attached hydrogens (tertiary/aromatic N) is 1. The summed E-state index contributed by atoms with van der Waals surface area (Å²) in [5, 5.41) is 0. The van der Waals surface area contributed by atoms with Crippen LogP contribution in [0.5, 0.6) is 0 Å². The van der Waals surface area contributed by atoms with Crippen LogP contribution in [0.3, 0.4) is 0 Å². The Hall–Kier alpha value is -2.77. The maximum atomic E-state index is 12.0. The van der Waals surface area contributed by atoms with Crippen molar-refractivity contribution in [2.45, 2.75) is 18.9 Å². The number of ether oxygens (including phenoxy) is 1. The van der Waals surface area contributed by atoms with Gasteiger partial charge in [0.15, 0.2) is 12.2 Å². The fourth-order valence-corrected chi connectivity index (χ4v) is 2.61. The van der Waals surface area contributed by atoms with Gasteiger partial charge in [0.2, 0.25) is 5.91 Å². The summed E-state index contributed by atoms with van der Waals surface area (Å²) in [5.41, 5.74) is 6.66. The molecule has 0 aromatic carbocycles. The molecule has 8 heteroatoms. The average Bonchev–Trinajstić information content (AvgIpc) is 3.17. The van der Waals surface area contributed by atoms with E-state index in [9.17, 15) is 14.4 Å². The molecule has 0 bridgehead atoms. The number of hydrogen-bond donors (Lipinski definition) is 2. The van der Waals surface area contributed by atoms with Crippen molar-refractivity contribution in [3.63, 3.8) is 0 Å². The van der Waals surface area contributed by atoms with Gasteiger partial charge in [0.05, 0.1) is 11.8 Å². The number of nitrogens with one attached hydrogen (secondary N) is 1. The van der Waals surface area contributed by atoms with Gasteiger partial charge in [-0.25, -0.2) is 4.79 Å². The van der Waals surface area contributed by atoms with Gasteiger partial charge in [-0.05, 0) is 12.8 Å². The molecule has 22 heavy (non-hydrogen) atoms. The summed E-state index contributed by atoms with van der Waals surface area (Å²) in [5.74, 6) is -1.62. The predicted molar refractivity (Wildman–Crippen MR) is 74.8 cm³/mol. The van der Waals surface area contributed by atoms with E-state index in [1.807, 2.05) is 0 Å². The van der Waals surface area contributed by atoms with Crippen molar-refractivity contribution < 1.29 is 23.5 Å². The topological polar surface area (TPSA) is 119 Å². The zero-order valence-corrected chi connectivity index (χ0v) is 11.7. The number of primary amides is 1. The van der Waals surface area contributed by atoms with Gasteiger partial charge in [-0.1, -0.05) is 0 Å². The van der Waals surface area contributed by atoms with E-state index < -0.39 is 30.4 Å². The Kier molecular flexibility index (Phi) is 3.58. The third-order valence-electron chi connectivity index (χ3n) is 3.69. The van der Waals surface area contributed by atoms with Crippen molar-refractivity contribution in [3.05, 3.63) is 24.1 Å². The molecule has 1 aliphatic heterocycles. The van der Waals surface area contributed by atoms with Crippen molar-refractivity contribution >= 4 is 28.9 Å². The third kappa shape index (κ3) is 2.54. The standard InChI is InChI=1S/C14H15N3O5/c15-13(19)10-2-1-4-17(10)12(18)7-22-14(20)9-6-11-8(16-9)3-5-21-11/h3,5-6,10,16H,1-2,4,7H2,(H2,15,19). The number of carbonyl (C=O) groups is 3. The van der Waals surface area contributed by atoms with E-state index in [-0.39, 0.29) is 5.69 Å². The van der Waals surface area contributed by atoms with Gasteiger partial charge in [0, 0.05) is 18.7 Å². The van der Waals surface area contributed by atoms with E-state index in [1.54, 1.807) is 6.07 Å². The van der Waals surface area contributed by atoms with Crippen LogP contribution in [0.4, 0.5) is 0 Å². The van der Waals surface area contributed by atoms with Crippen LogP contribution in [0, 0.1) is 0 Å². The Bertz CT molecular complexity index is 703. The van der Waals surface area contributed by atoms with Crippen molar-refractivity contribution in [2.24, 2.45) is 5.73 Å². The highest BCUT2D eigenvalue weighted by atomic mass is 16.5. The molecule has 2 aromatic heterocycles. The molecule has 3 heterocycles. The highest BCUT2D eigenvalue weighted by Crippen LogP contribution is 2.18. The predicted octanol–water partition coefficient (Wildman–Crippen LogP) is 0.394. The minimum Gasteiger partial charge on any atom is -0.463 e. The molecule has 1 unspecified atom stereocenters. The number of aromatic amines is 1. The molecule has 0 spiro atoms. The Balaban J connectivity index is 1.59. The van der Waals surface area contributed by atoms with Crippen LogP contribution in [0.1, 0.15) is 23.3 Å². The maximum Gasteiger partial charge on any atom is 0.355 e. The summed E-state index contributed by atoms with van der Waals surface area (Å²) in [6.07, 6.45) is 2.75. The van der Waals surface area contributed by atoms with Crippen LogP contribution in [-0.4, -0.2) is 46.9 Å². The van der Waals surface area contributed by atoms with Crippen LogP contribution >= 0.6 is 0 Å². The van der Waals surface area contributed by atoms with E-state index in [1.165, 1.54) is 17.2 Å². The van der Waals surface area contributed by atoms with Gasteiger partial charge in [0.1, 0.15) is 11.7 Å². The number of carbonyl (C=O) groups excluding carboxylic acids is 3. The first-order valence-electron chi connectivity index (χ1n) is 6.88. The molecule has 1 saturated heterocycles. The van der Waals surface area contributed by atoms with Gasteiger partial charge in [-0.2, -0.15) is 0 Å². The van der Waals surface area contributed by atoms with Crippen LogP contribution in [0.2, 0.25) is 0 Å². The molecule has 1 aliphatic rings. The van der Waals surface area contributed by atoms with E-state index in [0.29, 0.717) is 30.5 Å². The molecular formula is C14H15N3O5. The molecule has 1 fully saturated rings. The van der Waals surface area contributed by atoms with Crippen molar-refractivity contribution in [2.75, 3.05) is 13.2 Å². The molecule has 3 rings (SSSR count). The second-order valence-electron chi connectivity index (χ2n) is 5.11. The van der Waals surface area contributed by atoms with E-state index in [4.69, 9.17) is 14.9 Å². The summed E-state index contributed by atoms with van der Waals surface area (Å²) < 4.78 is 10.1. The number of hydrogen-bond acceptors (Lipinski definition) is 5. The molecule has 1 atom stereocenters. The van der Waals surface area contributed by atoms with Crippen molar-refractivity contribution in [1.82, 2.24) is 9.88 Å². The van der Waals surface area contributed by atoms with E-state index in [2.05, 4.69) is 4.98 Å². The first-order chi connectivity index (χ1) is 10.6. The van der Waals surface area contributed by atoms with Crippen molar-refractivity contribution in [3.8, 4) is 0 Å². The van der Waals surface area contributed by atoms with Crippen LogP contribution in [-0.2, 0) is 14.3 Å². The Morgan fingerprint density at radius 2 is 2.27 bits per heavy atom. The SMILES string of the molecule is NC(=O)C1CCCN1C(=O)COC(=O)c1cc2occc2[nH]1. The largest absolute Gasteiger partial charge is 0.463 e. The van der Waals surface area contributed by atoms with E-state index >= 15 is 0 Å². The lowest BCUT2D eigenvalue weighted by molar-refractivity contribution is -0.139. The molecular weight excluding hydrogens is 290 g/mol. The molecule has 8 nitrogen and oxygen atoms in total. The highest BCUT2D eigenvalue weighted by molar-refractivity contribution is 5.94. The second kappa shape index (κ2) is 5.55. The van der Waals surface area contributed by atoms with Gasteiger partial charge >= 0.3 is 5.97 Å². The number of fused-ring (bicyclic) bond motifs is 1. The third-order valence-corrected chi connectivity index (χ3v) is 3.69.